The van der Waals surface area contributed by atoms with Gasteiger partial charge in [0.05, 0.1) is 45.3 Å². The molecule has 0 spiro atoms. The van der Waals surface area contributed by atoms with E-state index in [1.807, 2.05) is 85.3 Å². The summed E-state index contributed by atoms with van der Waals surface area (Å²) in [4.78, 5) is 33.3. The summed E-state index contributed by atoms with van der Waals surface area (Å²) in [7, 11) is 0. The summed E-state index contributed by atoms with van der Waals surface area (Å²) in [6.07, 6.45) is 5.71. The van der Waals surface area contributed by atoms with Crippen molar-refractivity contribution in [1.29, 1.82) is 0 Å². The van der Waals surface area contributed by atoms with Crippen LogP contribution in [0.5, 0.6) is 0 Å². The summed E-state index contributed by atoms with van der Waals surface area (Å²) < 4.78 is 8.03. The molecule has 0 atom stereocenters. The molecule has 0 radical (unpaired) electrons. The second-order valence-corrected chi connectivity index (χ2v) is 18.1. The van der Waals surface area contributed by atoms with E-state index in [1.54, 1.807) is 11.3 Å². The largest absolute Gasteiger partial charge is 0.456 e. The smallest absolute Gasteiger partial charge is 0.161 e. The highest BCUT2D eigenvalue weighted by Gasteiger charge is 2.32. The highest BCUT2D eigenvalue weighted by atomic mass is 32.1. The number of nitrogens with zero attached hydrogens (tertiary/aromatic N) is 6. The molecule has 6 heterocycles. The van der Waals surface area contributed by atoms with E-state index in [-0.39, 0.29) is 0 Å². The van der Waals surface area contributed by atoms with Gasteiger partial charge >= 0.3 is 0 Å². The first kappa shape index (κ1) is 38.3. The number of benzene rings is 8. The second-order valence-electron chi connectivity index (χ2n) is 17.0. The molecule has 0 aliphatic rings. The molecule has 0 amide bonds. The third-order valence-corrected chi connectivity index (χ3v) is 14.2. The van der Waals surface area contributed by atoms with E-state index in [9.17, 15) is 0 Å². The third-order valence-electron chi connectivity index (χ3n) is 13.0. The number of aromatic nitrogens is 6. The van der Waals surface area contributed by atoms with Crippen LogP contribution in [0.4, 0.5) is 0 Å². The monoisotopic (exact) mass is 886 g/mol. The van der Waals surface area contributed by atoms with Crippen molar-refractivity contribution in [2.75, 3.05) is 0 Å². The molecule has 0 aliphatic heterocycles. The molecule has 0 N–H and O–H groups in total. The van der Waals surface area contributed by atoms with Crippen LogP contribution in [0, 0.1) is 0 Å². The number of fused-ring (bicyclic) bond motifs is 7. The van der Waals surface area contributed by atoms with Gasteiger partial charge in [-0.2, -0.15) is 0 Å². The fourth-order valence-corrected chi connectivity index (χ4v) is 11.1. The van der Waals surface area contributed by atoms with Crippen molar-refractivity contribution in [3.8, 4) is 66.9 Å². The third kappa shape index (κ3) is 6.12. The van der Waals surface area contributed by atoms with Gasteiger partial charge in [0.2, 0.25) is 0 Å². The van der Waals surface area contributed by atoms with Crippen LogP contribution in [0.15, 0.2) is 211 Å². The Kier molecular flexibility index (Phi) is 8.62. The van der Waals surface area contributed by atoms with Crippen molar-refractivity contribution in [1.82, 2.24) is 29.9 Å². The molecule has 0 bridgehead atoms. The number of para-hydroxylation sites is 5. The number of hydrogen-bond acceptors (Lipinski definition) is 8. The van der Waals surface area contributed by atoms with Crippen LogP contribution in [0.25, 0.3) is 142 Å². The van der Waals surface area contributed by atoms with Gasteiger partial charge in [-0.25, -0.2) is 19.9 Å². The van der Waals surface area contributed by atoms with Gasteiger partial charge in [-0.1, -0.05) is 121 Å². The molecule has 68 heavy (non-hydrogen) atoms. The van der Waals surface area contributed by atoms with Crippen LogP contribution >= 0.6 is 11.3 Å². The fraction of sp³-hybridized carbons (Fsp3) is 0. The predicted octanol–water partition coefficient (Wildman–Crippen LogP) is 15.8. The lowest BCUT2D eigenvalue weighted by Gasteiger charge is -2.25. The van der Waals surface area contributed by atoms with Crippen LogP contribution in [-0.4, -0.2) is 29.9 Å². The van der Waals surface area contributed by atoms with Crippen LogP contribution in [-0.2, 0) is 0 Å². The number of furan rings is 1. The van der Waals surface area contributed by atoms with Gasteiger partial charge < -0.3 is 4.42 Å². The first-order valence-corrected chi connectivity index (χ1v) is 23.3. The Morgan fingerprint density at radius 2 is 1.10 bits per heavy atom. The summed E-state index contributed by atoms with van der Waals surface area (Å²) in [5, 5.41) is 8.09. The molecular formula is C60H34N6OS. The highest BCUT2D eigenvalue weighted by molar-refractivity contribution is 7.22. The first-order chi connectivity index (χ1) is 33.7. The Balaban J connectivity index is 1.27. The summed E-state index contributed by atoms with van der Waals surface area (Å²) in [5.41, 5.74) is 11.6. The quantitative estimate of drug-likeness (QED) is 0.164. The Morgan fingerprint density at radius 3 is 1.96 bits per heavy atom. The molecule has 0 fully saturated rings. The maximum absolute atomic E-state index is 6.85. The minimum atomic E-state index is 0.534. The topological polar surface area (TPSA) is 90.5 Å². The number of rotatable bonds is 6. The maximum Gasteiger partial charge on any atom is 0.161 e. The van der Waals surface area contributed by atoms with Crippen molar-refractivity contribution in [2.24, 2.45) is 0 Å². The number of pyridine rings is 2. The van der Waals surface area contributed by atoms with Crippen molar-refractivity contribution in [2.45, 2.75) is 0 Å². The fourth-order valence-electron chi connectivity index (χ4n) is 9.94. The van der Waals surface area contributed by atoms with Gasteiger partial charge in [0.25, 0.3) is 0 Å². The standard InChI is InChI=1S/C60H34N6OS/c1-6-18-40-35(13-1)29-30-61-59(40)57-56(47-28-25-36-14-2-7-19-43(36)64-47)55-42(27-26-41(50-31-37-15-4-11-23-49(37)67-50)54(55)52-32-38-16-5-12-24-51(38)68-52)53(48-34-62-45-21-9-10-22-46(45)65-48)58(57)60-63-33-39-17-3-8-20-44(39)66-60/h1-34H. The SMILES string of the molecule is c1ccc2nc(-c3c(-c4nccc5ccccc45)c(-c4ncc5ccccc5n4)c(-c4cnc5ccccc5n4)c4ccc(-c5cc6ccccc6o5)c(-c5cc6ccccc6s5)c34)ccc2c1. The number of hydrogen-bond donors (Lipinski definition) is 0. The zero-order valence-electron chi connectivity index (χ0n) is 36.1. The molecule has 0 aliphatic carbocycles. The lowest BCUT2D eigenvalue weighted by atomic mass is 9.80. The molecule has 7 nitrogen and oxygen atoms in total. The molecule has 6 aromatic heterocycles. The van der Waals surface area contributed by atoms with Gasteiger partial charge in [0, 0.05) is 82.3 Å². The number of thiophene rings is 1. The lowest BCUT2D eigenvalue weighted by molar-refractivity contribution is 0.632. The molecule has 0 saturated carbocycles. The predicted molar refractivity (Wildman–Crippen MR) is 279 cm³/mol. The van der Waals surface area contributed by atoms with E-state index in [0.717, 1.165) is 126 Å². The lowest BCUT2D eigenvalue weighted by Crippen LogP contribution is -2.04. The summed E-state index contributed by atoms with van der Waals surface area (Å²) in [6, 6.07) is 64.9. The van der Waals surface area contributed by atoms with Crippen LogP contribution in [0.2, 0.25) is 0 Å². The van der Waals surface area contributed by atoms with Crippen molar-refractivity contribution in [3.63, 3.8) is 0 Å². The first-order valence-electron chi connectivity index (χ1n) is 22.5. The minimum Gasteiger partial charge on any atom is -0.456 e. The van der Waals surface area contributed by atoms with E-state index in [4.69, 9.17) is 34.3 Å². The summed E-state index contributed by atoms with van der Waals surface area (Å²) in [6.45, 7) is 0. The Bertz CT molecular complexity index is 4290. The minimum absolute atomic E-state index is 0.534. The van der Waals surface area contributed by atoms with Crippen molar-refractivity contribution in [3.05, 3.63) is 207 Å². The average Bonchev–Trinajstić information content (AvgIpc) is 4.04. The average molecular weight is 887 g/mol. The molecule has 14 aromatic rings. The van der Waals surface area contributed by atoms with Crippen molar-refractivity contribution >= 4 is 86.8 Å². The molecule has 14 rings (SSSR count). The second kappa shape index (κ2) is 15.3. The summed E-state index contributed by atoms with van der Waals surface area (Å²) >= 11 is 1.77. The zero-order chi connectivity index (χ0) is 44.7. The van der Waals surface area contributed by atoms with Gasteiger partial charge in [0.15, 0.2) is 5.82 Å². The van der Waals surface area contributed by atoms with E-state index in [1.165, 1.54) is 4.70 Å². The molecule has 8 aromatic carbocycles. The molecule has 0 saturated heterocycles. The van der Waals surface area contributed by atoms with E-state index < -0.39 is 0 Å². The Hall–Kier alpha value is -8.98. The van der Waals surface area contributed by atoms with Gasteiger partial charge in [-0.05, 0) is 82.9 Å². The molecule has 8 heteroatoms. The Labute approximate surface area is 392 Å². The summed E-state index contributed by atoms with van der Waals surface area (Å²) in [5.74, 6) is 1.30. The molecule has 0 unspecified atom stereocenters. The van der Waals surface area contributed by atoms with E-state index in [0.29, 0.717) is 11.5 Å². The highest BCUT2D eigenvalue weighted by Crippen LogP contribution is 2.55. The van der Waals surface area contributed by atoms with E-state index in [2.05, 4.69) is 121 Å². The van der Waals surface area contributed by atoms with Gasteiger partial charge in [-0.15, -0.1) is 11.3 Å². The maximum atomic E-state index is 6.85. The normalized spacial score (nSPS) is 11.8. The van der Waals surface area contributed by atoms with E-state index >= 15 is 0 Å². The molecule has 316 valence electrons. The van der Waals surface area contributed by atoms with Crippen molar-refractivity contribution < 1.29 is 4.42 Å². The van der Waals surface area contributed by atoms with Crippen LogP contribution in [0.1, 0.15) is 0 Å². The van der Waals surface area contributed by atoms with Crippen LogP contribution in [0.3, 0.4) is 0 Å². The van der Waals surface area contributed by atoms with Gasteiger partial charge in [-0.3, -0.25) is 9.97 Å². The van der Waals surface area contributed by atoms with Crippen LogP contribution < -0.4 is 0 Å². The molecular weight excluding hydrogens is 853 g/mol. The Morgan fingerprint density at radius 1 is 0.397 bits per heavy atom. The zero-order valence-corrected chi connectivity index (χ0v) is 36.9. The van der Waals surface area contributed by atoms with Gasteiger partial charge in [0.1, 0.15) is 11.3 Å².